The highest BCUT2D eigenvalue weighted by Gasteiger charge is 2.49. The van der Waals surface area contributed by atoms with Gasteiger partial charge in [-0.3, -0.25) is 0 Å². The fourth-order valence-electron chi connectivity index (χ4n) is 3.25. The van der Waals surface area contributed by atoms with Gasteiger partial charge in [0.25, 0.3) is 0 Å². The molecule has 1 N–H and O–H groups in total. The number of hydrogen-bond acceptors (Lipinski definition) is 5. The van der Waals surface area contributed by atoms with Crippen molar-refractivity contribution in [1.29, 1.82) is 0 Å². The highest BCUT2D eigenvalue weighted by atomic mass is 28.5. The SMILES string of the molecule is C[Si]1(C)N[Si](C)(C)O[Si](C)(C)O[Si](C)(C)O[Si](C)(C)O1. The van der Waals surface area contributed by atoms with Gasteiger partial charge in [0, 0.05) is 0 Å². The Morgan fingerprint density at radius 2 is 0.700 bits per heavy atom. The van der Waals surface area contributed by atoms with Gasteiger partial charge in [-0.25, -0.2) is 0 Å². The third kappa shape index (κ3) is 6.33. The zero-order chi connectivity index (χ0) is 16.0. The van der Waals surface area contributed by atoms with Gasteiger partial charge in [-0.2, -0.15) is 0 Å². The monoisotopic (exact) mass is 369 g/mol. The largest absolute Gasteiger partial charge is 0.425 e. The first kappa shape index (κ1) is 18.9. The molecule has 1 aliphatic rings. The average Bonchev–Trinajstić information content (AvgIpc) is 1.84. The van der Waals surface area contributed by atoms with Crippen LogP contribution in [0.25, 0.3) is 0 Å². The Bertz CT molecular complexity index is 271. The Balaban J connectivity index is 3.15. The molecule has 20 heavy (non-hydrogen) atoms. The Morgan fingerprint density at radius 3 is 1.00 bits per heavy atom. The highest BCUT2D eigenvalue weighted by molar-refractivity contribution is 6.95. The van der Waals surface area contributed by atoms with E-state index in [4.69, 9.17) is 16.5 Å². The Kier molecular flexibility index (Phi) is 5.21. The van der Waals surface area contributed by atoms with E-state index in [0.29, 0.717) is 0 Å². The summed E-state index contributed by atoms with van der Waals surface area (Å²) in [5, 5.41) is 0. The highest BCUT2D eigenvalue weighted by Crippen LogP contribution is 2.27. The van der Waals surface area contributed by atoms with Crippen molar-refractivity contribution in [3.05, 3.63) is 0 Å². The van der Waals surface area contributed by atoms with Crippen molar-refractivity contribution in [2.45, 2.75) is 65.5 Å². The maximum atomic E-state index is 6.41. The Hall–Kier alpha value is 0.884. The maximum absolute atomic E-state index is 6.41. The molecule has 0 aromatic heterocycles. The summed E-state index contributed by atoms with van der Waals surface area (Å²) >= 11 is 0. The third-order valence-corrected chi connectivity index (χ3v) is 23.3. The maximum Gasteiger partial charge on any atom is 0.314 e. The van der Waals surface area contributed by atoms with E-state index < -0.39 is 42.6 Å². The van der Waals surface area contributed by atoms with Gasteiger partial charge < -0.3 is 21.1 Å². The standard InChI is InChI=1S/C10H31NO4Si5/c1-16(2)11-17(3,4)13-19(7,8)15-20(9,10)14-18(5,6)12-16/h11H,1-10H3. The summed E-state index contributed by atoms with van der Waals surface area (Å²) < 4.78 is 29.2. The molecule has 0 aromatic carbocycles. The molecule has 0 saturated carbocycles. The Morgan fingerprint density at radius 1 is 0.450 bits per heavy atom. The summed E-state index contributed by atoms with van der Waals surface area (Å²) in [6.07, 6.45) is 0. The van der Waals surface area contributed by atoms with Crippen LogP contribution in [0.1, 0.15) is 0 Å². The number of hydrogen-bond donors (Lipinski definition) is 1. The molecule has 1 aliphatic heterocycles. The van der Waals surface area contributed by atoms with Gasteiger partial charge in [0.1, 0.15) is 0 Å². The lowest BCUT2D eigenvalue weighted by Crippen LogP contribution is -2.70. The lowest BCUT2D eigenvalue weighted by molar-refractivity contribution is 0.289. The van der Waals surface area contributed by atoms with Crippen LogP contribution in [-0.2, 0) is 16.5 Å². The molecular formula is C10H31NO4Si5. The van der Waals surface area contributed by atoms with E-state index in [-0.39, 0.29) is 0 Å². The van der Waals surface area contributed by atoms with E-state index in [2.05, 4.69) is 70.1 Å². The number of nitrogens with one attached hydrogen (secondary N) is 1. The zero-order valence-electron chi connectivity index (χ0n) is 14.6. The second-order valence-corrected chi connectivity index (χ2v) is 26.5. The quantitative estimate of drug-likeness (QED) is 0.665. The van der Waals surface area contributed by atoms with Crippen LogP contribution in [0.3, 0.4) is 0 Å². The Labute approximate surface area is 129 Å². The summed E-state index contributed by atoms with van der Waals surface area (Å²) in [4.78, 5) is 0. The molecule has 0 unspecified atom stereocenters. The van der Waals surface area contributed by atoms with Crippen molar-refractivity contribution < 1.29 is 16.5 Å². The molecule has 120 valence electrons. The van der Waals surface area contributed by atoms with Gasteiger partial charge in [0.05, 0.1) is 0 Å². The summed E-state index contributed by atoms with van der Waals surface area (Å²) in [7, 11) is -10.7. The van der Waals surface area contributed by atoms with Gasteiger partial charge >= 0.3 is 25.7 Å². The van der Waals surface area contributed by atoms with Gasteiger partial charge in [0.2, 0.25) is 17.0 Å². The van der Waals surface area contributed by atoms with E-state index in [9.17, 15) is 0 Å². The molecule has 1 fully saturated rings. The van der Waals surface area contributed by atoms with Crippen LogP contribution in [0, 0.1) is 0 Å². The van der Waals surface area contributed by atoms with Gasteiger partial charge in [-0.05, 0) is 65.5 Å². The van der Waals surface area contributed by atoms with Crippen LogP contribution < -0.4 is 4.65 Å². The van der Waals surface area contributed by atoms with Crippen molar-refractivity contribution in [3.8, 4) is 0 Å². The van der Waals surface area contributed by atoms with E-state index in [1.54, 1.807) is 0 Å². The van der Waals surface area contributed by atoms with Crippen LogP contribution >= 0.6 is 0 Å². The fourth-order valence-corrected chi connectivity index (χ4v) is 31.3. The van der Waals surface area contributed by atoms with Crippen molar-refractivity contribution >= 4 is 42.6 Å². The second kappa shape index (κ2) is 5.51. The molecule has 10 heteroatoms. The van der Waals surface area contributed by atoms with E-state index in [0.717, 1.165) is 0 Å². The molecule has 0 aromatic rings. The van der Waals surface area contributed by atoms with Crippen molar-refractivity contribution in [3.63, 3.8) is 0 Å². The summed E-state index contributed by atoms with van der Waals surface area (Å²) in [5.41, 5.74) is 0. The zero-order valence-corrected chi connectivity index (χ0v) is 19.6. The third-order valence-electron chi connectivity index (χ3n) is 2.59. The summed E-state index contributed by atoms with van der Waals surface area (Å²) in [6, 6.07) is 0. The van der Waals surface area contributed by atoms with Crippen LogP contribution in [0.2, 0.25) is 65.5 Å². The smallest absolute Gasteiger partial charge is 0.314 e. The fraction of sp³-hybridized carbons (Fsp3) is 1.00. The predicted octanol–water partition coefficient (Wildman–Crippen LogP) is 3.17. The molecule has 0 aliphatic carbocycles. The molecule has 0 atom stereocenters. The molecular weight excluding hydrogens is 339 g/mol. The molecule has 0 amide bonds. The molecule has 5 nitrogen and oxygen atoms in total. The minimum absolute atomic E-state index is 2.01. The minimum Gasteiger partial charge on any atom is -0.425 e. The molecule has 0 radical (unpaired) electrons. The van der Waals surface area contributed by atoms with Gasteiger partial charge in [0.15, 0.2) is 0 Å². The minimum atomic E-state index is -2.23. The van der Waals surface area contributed by atoms with E-state index >= 15 is 0 Å². The predicted molar refractivity (Wildman–Crippen MR) is 94.9 cm³/mol. The van der Waals surface area contributed by atoms with Crippen molar-refractivity contribution in [2.75, 3.05) is 0 Å². The average molecular weight is 370 g/mol. The first-order chi connectivity index (χ1) is 8.54. The molecule has 0 bridgehead atoms. The van der Waals surface area contributed by atoms with E-state index in [1.807, 2.05) is 0 Å². The summed E-state index contributed by atoms with van der Waals surface area (Å²) in [6.45, 7) is 21.4. The van der Waals surface area contributed by atoms with Gasteiger partial charge in [-0.1, -0.05) is 0 Å². The van der Waals surface area contributed by atoms with Crippen LogP contribution in [0.5, 0.6) is 0 Å². The molecule has 1 rings (SSSR count). The molecule has 0 spiro atoms. The van der Waals surface area contributed by atoms with Gasteiger partial charge in [-0.15, -0.1) is 0 Å². The normalized spacial score (nSPS) is 31.5. The first-order valence-electron chi connectivity index (χ1n) is 7.13. The van der Waals surface area contributed by atoms with Crippen LogP contribution in [-0.4, -0.2) is 42.6 Å². The first-order valence-corrected chi connectivity index (χ1v) is 21.4. The molecule has 1 saturated heterocycles. The number of rotatable bonds is 0. The van der Waals surface area contributed by atoms with Crippen LogP contribution in [0.15, 0.2) is 0 Å². The lowest BCUT2D eigenvalue weighted by Gasteiger charge is -2.46. The summed E-state index contributed by atoms with van der Waals surface area (Å²) in [5.74, 6) is 0. The lowest BCUT2D eigenvalue weighted by atomic mass is 11.9. The van der Waals surface area contributed by atoms with Crippen molar-refractivity contribution in [1.82, 2.24) is 4.65 Å². The van der Waals surface area contributed by atoms with Crippen LogP contribution in [0.4, 0.5) is 0 Å². The van der Waals surface area contributed by atoms with Crippen molar-refractivity contribution in [2.24, 2.45) is 0 Å². The molecule has 1 heterocycles. The van der Waals surface area contributed by atoms with E-state index in [1.165, 1.54) is 0 Å². The second-order valence-electron chi connectivity index (χ2n) is 7.75. The topological polar surface area (TPSA) is 49.0 Å².